The van der Waals surface area contributed by atoms with Crippen molar-refractivity contribution in [1.29, 1.82) is 0 Å². The summed E-state index contributed by atoms with van der Waals surface area (Å²) in [6, 6.07) is 8.64. The van der Waals surface area contributed by atoms with Gasteiger partial charge in [0.15, 0.2) is 0 Å². The molecule has 0 aromatic heterocycles. The minimum atomic E-state index is 0.305. The van der Waals surface area contributed by atoms with Gasteiger partial charge in [-0.05, 0) is 43.4 Å². The van der Waals surface area contributed by atoms with Crippen LogP contribution >= 0.6 is 0 Å². The Morgan fingerprint density at radius 3 is 2.43 bits per heavy atom. The first-order valence-corrected chi connectivity index (χ1v) is 8.29. The van der Waals surface area contributed by atoms with Crippen LogP contribution < -0.4 is 4.74 Å². The highest BCUT2D eigenvalue weighted by atomic mass is 16.6. The van der Waals surface area contributed by atoms with E-state index in [9.17, 15) is 0 Å². The third-order valence-electron chi connectivity index (χ3n) is 4.57. The molecule has 2 fully saturated rings. The Kier molecular flexibility index (Phi) is 5.15. The maximum absolute atomic E-state index is 5.71. The zero-order valence-electron chi connectivity index (χ0n) is 12.9. The van der Waals surface area contributed by atoms with Gasteiger partial charge in [-0.25, -0.2) is 0 Å². The van der Waals surface area contributed by atoms with Crippen molar-refractivity contribution in [2.75, 3.05) is 19.8 Å². The van der Waals surface area contributed by atoms with E-state index in [0.717, 1.165) is 11.7 Å². The Hall–Kier alpha value is -1.06. The van der Waals surface area contributed by atoms with E-state index in [2.05, 4.69) is 31.2 Å². The van der Waals surface area contributed by atoms with Crippen molar-refractivity contribution in [3.8, 4) is 5.75 Å². The molecular weight excluding hydrogens is 264 g/mol. The molecule has 1 saturated carbocycles. The second-order valence-corrected chi connectivity index (χ2v) is 6.21. The van der Waals surface area contributed by atoms with E-state index < -0.39 is 0 Å². The molecule has 0 radical (unpaired) electrons. The van der Waals surface area contributed by atoms with E-state index >= 15 is 0 Å². The van der Waals surface area contributed by atoms with Gasteiger partial charge in [-0.2, -0.15) is 0 Å². The van der Waals surface area contributed by atoms with Gasteiger partial charge in [0, 0.05) is 0 Å². The zero-order chi connectivity index (χ0) is 14.5. The predicted molar refractivity (Wildman–Crippen MR) is 82.9 cm³/mol. The quantitative estimate of drug-likeness (QED) is 0.563. The Balaban J connectivity index is 1.35. The largest absolute Gasteiger partial charge is 0.491 e. The first-order valence-electron chi connectivity index (χ1n) is 8.29. The van der Waals surface area contributed by atoms with Crippen molar-refractivity contribution >= 4 is 0 Å². The van der Waals surface area contributed by atoms with Gasteiger partial charge in [0.1, 0.15) is 18.5 Å². The van der Waals surface area contributed by atoms with E-state index in [-0.39, 0.29) is 0 Å². The highest BCUT2D eigenvalue weighted by molar-refractivity contribution is 5.29. The fourth-order valence-electron chi connectivity index (χ4n) is 3.10. The molecule has 1 aromatic carbocycles. The van der Waals surface area contributed by atoms with Crippen molar-refractivity contribution in [1.82, 2.24) is 0 Å². The van der Waals surface area contributed by atoms with Crippen LogP contribution in [0, 0.1) is 0 Å². The third kappa shape index (κ3) is 4.45. The molecule has 0 N–H and O–H groups in total. The van der Waals surface area contributed by atoms with E-state index in [1.807, 2.05) is 0 Å². The molecule has 2 aliphatic rings. The van der Waals surface area contributed by atoms with Crippen LogP contribution in [0.2, 0.25) is 0 Å². The molecule has 0 spiro atoms. The molecule has 3 rings (SSSR count). The molecule has 1 heterocycles. The molecule has 2 unspecified atom stereocenters. The molecule has 3 heteroatoms. The summed E-state index contributed by atoms with van der Waals surface area (Å²) in [5, 5.41) is 0. The van der Waals surface area contributed by atoms with Gasteiger partial charge in [0.2, 0.25) is 0 Å². The van der Waals surface area contributed by atoms with Crippen LogP contribution in [0.3, 0.4) is 0 Å². The normalized spacial score (nSPS) is 25.8. The Bertz CT molecular complexity index is 423. The fraction of sp³-hybridized carbons (Fsp3) is 0.667. The van der Waals surface area contributed by atoms with E-state index in [1.165, 1.54) is 37.7 Å². The molecule has 1 aromatic rings. The summed E-state index contributed by atoms with van der Waals surface area (Å²) in [7, 11) is 0. The van der Waals surface area contributed by atoms with Crippen molar-refractivity contribution in [3.63, 3.8) is 0 Å². The predicted octanol–water partition coefficient (Wildman–Crippen LogP) is 3.92. The number of epoxide rings is 1. The summed E-state index contributed by atoms with van der Waals surface area (Å²) in [4.78, 5) is 0. The van der Waals surface area contributed by atoms with Crippen LogP contribution in [0.15, 0.2) is 24.3 Å². The average molecular weight is 290 g/mol. The highest BCUT2D eigenvalue weighted by Gasteiger charge is 2.33. The number of ether oxygens (including phenoxy) is 3. The van der Waals surface area contributed by atoms with Gasteiger partial charge in [0.25, 0.3) is 0 Å². The molecule has 116 valence electrons. The summed E-state index contributed by atoms with van der Waals surface area (Å²) in [5.41, 5.74) is 1.47. The minimum absolute atomic E-state index is 0.305. The molecule has 1 aliphatic carbocycles. The average Bonchev–Trinajstić information content (AvgIpc) is 3.24. The minimum Gasteiger partial charge on any atom is -0.491 e. The van der Waals surface area contributed by atoms with Crippen molar-refractivity contribution in [2.24, 2.45) is 0 Å². The first-order chi connectivity index (χ1) is 10.3. The summed E-state index contributed by atoms with van der Waals surface area (Å²) >= 11 is 0. The molecule has 0 amide bonds. The zero-order valence-corrected chi connectivity index (χ0v) is 12.9. The number of hydrogen-bond acceptors (Lipinski definition) is 3. The Morgan fingerprint density at radius 1 is 1.05 bits per heavy atom. The lowest BCUT2D eigenvalue weighted by Gasteiger charge is -2.22. The van der Waals surface area contributed by atoms with Crippen LogP contribution in [0.5, 0.6) is 5.75 Å². The number of rotatable bonds is 7. The monoisotopic (exact) mass is 290 g/mol. The van der Waals surface area contributed by atoms with Gasteiger partial charge in [-0.15, -0.1) is 0 Å². The SMILES string of the molecule is CC1OC1COCCOc1ccc(C2CCCCC2)cc1. The molecule has 1 saturated heterocycles. The first kappa shape index (κ1) is 14.9. The maximum Gasteiger partial charge on any atom is 0.119 e. The molecule has 1 aliphatic heterocycles. The molecule has 0 bridgehead atoms. The van der Waals surface area contributed by atoms with Gasteiger partial charge in [-0.3, -0.25) is 0 Å². The van der Waals surface area contributed by atoms with Gasteiger partial charge >= 0.3 is 0 Å². The van der Waals surface area contributed by atoms with Crippen LogP contribution in [0.25, 0.3) is 0 Å². The number of benzene rings is 1. The van der Waals surface area contributed by atoms with Crippen molar-refractivity contribution in [3.05, 3.63) is 29.8 Å². The van der Waals surface area contributed by atoms with Gasteiger partial charge in [-0.1, -0.05) is 31.4 Å². The Labute approximate surface area is 127 Å². The molecule has 2 atom stereocenters. The maximum atomic E-state index is 5.71. The van der Waals surface area contributed by atoms with Crippen LogP contribution in [0.1, 0.15) is 50.5 Å². The summed E-state index contributed by atoms with van der Waals surface area (Å²) in [6.07, 6.45) is 7.53. The third-order valence-corrected chi connectivity index (χ3v) is 4.57. The lowest BCUT2D eigenvalue weighted by molar-refractivity contribution is 0.0878. The van der Waals surface area contributed by atoms with E-state index in [1.54, 1.807) is 0 Å². The molecule has 21 heavy (non-hydrogen) atoms. The van der Waals surface area contributed by atoms with E-state index in [4.69, 9.17) is 14.2 Å². The number of hydrogen-bond donors (Lipinski definition) is 0. The van der Waals surface area contributed by atoms with E-state index in [0.29, 0.717) is 32.0 Å². The standard InChI is InChI=1S/C18H26O3/c1-14-18(21-14)13-19-11-12-20-17-9-7-16(8-10-17)15-5-3-2-4-6-15/h7-10,14-15,18H,2-6,11-13H2,1H3. The highest BCUT2D eigenvalue weighted by Crippen LogP contribution is 2.33. The summed E-state index contributed by atoms with van der Waals surface area (Å²) < 4.78 is 16.5. The summed E-state index contributed by atoms with van der Waals surface area (Å²) in [5.74, 6) is 1.70. The van der Waals surface area contributed by atoms with Crippen LogP contribution in [0.4, 0.5) is 0 Å². The van der Waals surface area contributed by atoms with Crippen LogP contribution in [-0.4, -0.2) is 32.0 Å². The summed E-state index contributed by atoms with van der Waals surface area (Å²) in [6.45, 7) is 3.98. The second kappa shape index (κ2) is 7.28. The Morgan fingerprint density at radius 2 is 1.76 bits per heavy atom. The van der Waals surface area contributed by atoms with Crippen molar-refractivity contribution < 1.29 is 14.2 Å². The molecular formula is C18H26O3. The second-order valence-electron chi connectivity index (χ2n) is 6.21. The lowest BCUT2D eigenvalue weighted by Crippen LogP contribution is -2.11. The smallest absolute Gasteiger partial charge is 0.119 e. The molecule has 3 nitrogen and oxygen atoms in total. The fourth-order valence-corrected chi connectivity index (χ4v) is 3.10. The lowest BCUT2D eigenvalue weighted by atomic mass is 9.84. The van der Waals surface area contributed by atoms with Gasteiger partial charge < -0.3 is 14.2 Å². The van der Waals surface area contributed by atoms with Crippen LogP contribution in [-0.2, 0) is 9.47 Å². The van der Waals surface area contributed by atoms with Gasteiger partial charge in [0.05, 0.1) is 19.3 Å². The topological polar surface area (TPSA) is 31.0 Å². The van der Waals surface area contributed by atoms with Crippen molar-refractivity contribution in [2.45, 2.75) is 57.2 Å².